The molecule has 1 fully saturated rings. The fourth-order valence-electron chi connectivity index (χ4n) is 3.02. The summed E-state index contributed by atoms with van der Waals surface area (Å²) in [4.78, 5) is 31.7. The third-order valence-corrected chi connectivity index (χ3v) is 4.00. The van der Waals surface area contributed by atoms with Crippen molar-refractivity contribution in [2.24, 2.45) is 0 Å². The lowest BCUT2D eigenvalue weighted by molar-refractivity contribution is 0.343. The van der Waals surface area contributed by atoms with Crippen molar-refractivity contribution < 1.29 is 0 Å². The molecule has 0 saturated heterocycles. The number of rotatable bonds is 2. The molecule has 1 aliphatic carbocycles. The molecule has 19 heavy (non-hydrogen) atoms. The van der Waals surface area contributed by atoms with Crippen LogP contribution in [0.4, 0.5) is 0 Å². The predicted molar refractivity (Wildman–Crippen MR) is 72.4 cm³/mol. The van der Waals surface area contributed by atoms with Gasteiger partial charge in [0, 0.05) is 12.6 Å². The van der Waals surface area contributed by atoms with Gasteiger partial charge in [0.2, 0.25) is 0 Å². The molecule has 1 N–H and O–H groups in total. The van der Waals surface area contributed by atoms with Crippen molar-refractivity contribution in [3.8, 4) is 0 Å². The van der Waals surface area contributed by atoms with Gasteiger partial charge in [-0.25, -0.2) is 9.78 Å². The Morgan fingerprint density at radius 2 is 2.05 bits per heavy atom. The zero-order chi connectivity index (χ0) is 13.4. The Morgan fingerprint density at radius 3 is 2.74 bits per heavy atom. The highest BCUT2D eigenvalue weighted by atomic mass is 16.2. The Morgan fingerprint density at radius 1 is 1.32 bits per heavy atom. The Hall–Kier alpha value is -1.85. The highest BCUT2D eigenvalue weighted by molar-refractivity contribution is 5.69. The van der Waals surface area contributed by atoms with Gasteiger partial charge in [-0.2, -0.15) is 0 Å². The van der Waals surface area contributed by atoms with E-state index in [1.807, 2.05) is 6.92 Å². The summed E-state index contributed by atoms with van der Waals surface area (Å²) in [6.07, 6.45) is 6.96. The number of imidazole rings is 1. The van der Waals surface area contributed by atoms with E-state index in [1.165, 1.54) is 17.3 Å². The van der Waals surface area contributed by atoms with E-state index in [0.29, 0.717) is 17.7 Å². The van der Waals surface area contributed by atoms with Gasteiger partial charge in [0.15, 0.2) is 5.65 Å². The van der Waals surface area contributed by atoms with Crippen molar-refractivity contribution in [2.75, 3.05) is 0 Å². The molecule has 0 bridgehead atoms. The van der Waals surface area contributed by atoms with Gasteiger partial charge >= 0.3 is 5.69 Å². The first-order chi connectivity index (χ1) is 9.24. The topological polar surface area (TPSA) is 72.7 Å². The van der Waals surface area contributed by atoms with Gasteiger partial charge in [0.05, 0.1) is 6.33 Å². The Kier molecular flexibility index (Phi) is 3.00. The van der Waals surface area contributed by atoms with Gasteiger partial charge in [0.1, 0.15) is 5.52 Å². The summed E-state index contributed by atoms with van der Waals surface area (Å²) in [5.74, 6) is 0. The van der Waals surface area contributed by atoms with Crippen molar-refractivity contribution in [1.29, 1.82) is 0 Å². The molecule has 6 nitrogen and oxygen atoms in total. The van der Waals surface area contributed by atoms with Crippen LogP contribution in [0.2, 0.25) is 0 Å². The Balaban J connectivity index is 2.30. The third kappa shape index (κ3) is 1.82. The molecule has 6 heteroatoms. The van der Waals surface area contributed by atoms with Gasteiger partial charge in [-0.05, 0) is 19.8 Å². The average Bonchev–Trinajstić information content (AvgIpc) is 2.90. The molecule has 2 heterocycles. The summed E-state index contributed by atoms with van der Waals surface area (Å²) < 4.78 is 3.00. The number of nitrogens with zero attached hydrogens (tertiary/aromatic N) is 3. The second-order valence-corrected chi connectivity index (χ2v) is 5.09. The zero-order valence-corrected chi connectivity index (χ0v) is 11.1. The first-order valence-electron chi connectivity index (χ1n) is 6.92. The van der Waals surface area contributed by atoms with Gasteiger partial charge in [-0.15, -0.1) is 0 Å². The maximum atomic E-state index is 12.5. The van der Waals surface area contributed by atoms with E-state index in [2.05, 4.69) is 9.97 Å². The predicted octanol–water partition coefficient (Wildman–Crippen LogP) is 1.41. The van der Waals surface area contributed by atoms with E-state index >= 15 is 0 Å². The summed E-state index contributed by atoms with van der Waals surface area (Å²) in [5, 5.41) is 0. The SMILES string of the molecule is CCn1c(=O)c2[nH]cnc2n(C2CCCCC2)c1=O. The van der Waals surface area contributed by atoms with Crippen molar-refractivity contribution in [2.45, 2.75) is 51.6 Å². The summed E-state index contributed by atoms with van der Waals surface area (Å²) in [5.41, 5.74) is 0.449. The van der Waals surface area contributed by atoms with Crippen LogP contribution < -0.4 is 11.2 Å². The highest BCUT2D eigenvalue weighted by Crippen LogP contribution is 2.28. The fraction of sp³-hybridized carbons (Fsp3) is 0.615. The van der Waals surface area contributed by atoms with Crippen molar-refractivity contribution in [3.05, 3.63) is 27.2 Å². The number of aromatic nitrogens is 4. The van der Waals surface area contributed by atoms with Crippen LogP contribution in [0.1, 0.15) is 45.1 Å². The molecular formula is C13H18N4O2. The molecule has 1 aliphatic rings. The molecule has 0 atom stereocenters. The van der Waals surface area contributed by atoms with Gasteiger partial charge < -0.3 is 4.98 Å². The normalized spacial score (nSPS) is 17.1. The summed E-state index contributed by atoms with van der Waals surface area (Å²) in [6, 6.07) is 0.172. The van der Waals surface area contributed by atoms with E-state index < -0.39 is 0 Å². The van der Waals surface area contributed by atoms with Crippen LogP contribution in [0.25, 0.3) is 11.2 Å². The molecule has 0 radical (unpaired) electrons. The highest BCUT2D eigenvalue weighted by Gasteiger charge is 2.22. The standard InChI is InChI=1S/C13H18N4O2/c1-2-16-12(18)10-11(15-8-14-10)17(13(16)19)9-6-4-3-5-7-9/h8-9H,2-7H2,1H3,(H,14,15). The molecule has 0 amide bonds. The van der Waals surface area contributed by atoms with Crippen LogP contribution in [0.5, 0.6) is 0 Å². The van der Waals surface area contributed by atoms with Gasteiger partial charge in [0.25, 0.3) is 5.56 Å². The smallest absolute Gasteiger partial charge is 0.332 e. The summed E-state index contributed by atoms with van der Waals surface area (Å²) >= 11 is 0. The van der Waals surface area contributed by atoms with Gasteiger partial charge in [-0.1, -0.05) is 19.3 Å². The molecule has 3 rings (SSSR count). The second kappa shape index (κ2) is 4.68. The molecule has 0 unspecified atom stereocenters. The molecule has 0 spiro atoms. The van der Waals surface area contributed by atoms with Crippen LogP contribution in [0.3, 0.4) is 0 Å². The van der Waals surface area contributed by atoms with Crippen LogP contribution in [-0.4, -0.2) is 19.1 Å². The van der Waals surface area contributed by atoms with Crippen molar-refractivity contribution >= 4 is 11.2 Å². The first-order valence-corrected chi connectivity index (χ1v) is 6.92. The summed E-state index contributed by atoms with van der Waals surface area (Å²) in [7, 11) is 0. The minimum absolute atomic E-state index is 0.172. The average molecular weight is 262 g/mol. The van der Waals surface area contributed by atoms with E-state index in [-0.39, 0.29) is 17.3 Å². The van der Waals surface area contributed by atoms with Crippen molar-refractivity contribution in [1.82, 2.24) is 19.1 Å². The fourth-order valence-corrected chi connectivity index (χ4v) is 3.02. The largest absolute Gasteiger partial charge is 0.339 e. The first kappa shape index (κ1) is 12.2. The molecule has 2 aromatic heterocycles. The molecule has 102 valence electrons. The van der Waals surface area contributed by atoms with Crippen LogP contribution in [0.15, 0.2) is 15.9 Å². The number of H-pyrrole nitrogens is 1. The number of hydrogen-bond donors (Lipinski definition) is 1. The Bertz CT molecular complexity index is 703. The monoisotopic (exact) mass is 262 g/mol. The molecule has 2 aromatic rings. The van der Waals surface area contributed by atoms with E-state index in [0.717, 1.165) is 25.7 Å². The molecule has 1 saturated carbocycles. The quantitative estimate of drug-likeness (QED) is 0.889. The lowest BCUT2D eigenvalue weighted by atomic mass is 9.95. The minimum atomic E-state index is -0.271. The number of hydrogen-bond acceptors (Lipinski definition) is 3. The van der Waals surface area contributed by atoms with Crippen LogP contribution in [0, 0.1) is 0 Å². The van der Waals surface area contributed by atoms with Crippen LogP contribution >= 0.6 is 0 Å². The van der Waals surface area contributed by atoms with Gasteiger partial charge in [-0.3, -0.25) is 13.9 Å². The maximum Gasteiger partial charge on any atom is 0.332 e. The zero-order valence-electron chi connectivity index (χ0n) is 11.1. The van der Waals surface area contributed by atoms with E-state index in [9.17, 15) is 9.59 Å². The van der Waals surface area contributed by atoms with E-state index in [4.69, 9.17) is 0 Å². The maximum absolute atomic E-state index is 12.5. The summed E-state index contributed by atoms with van der Waals surface area (Å²) in [6.45, 7) is 2.20. The number of fused-ring (bicyclic) bond motifs is 1. The molecule has 0 aliphatic heterocycles. The van der Waals surface area contributed by atoms with Crippen molar-refractivity contribution in [3.63, 3.8) is 0 Å². The number of nitrogens with one attached hydrogen (secondary N) is 1. The van der Waals surface area contributed by atoms with Crippen LogP contribution in [-0.2, 0) is 6.54 Å². The minimum Gasteiger partial charge on any atom is -0.339 e. The van der Waals surface area contributed by atoms with E-state index in [1.54, 1.807) is 4.57 Å². The Labute approximate surface area is 110 Å². The number of aromatic amines is 1. The third-order valence-electron chi connectivity index (χ3n) is 4.00. The molecular weight excluding hydrogens is 244 g/mol. The second-order valence-electron chi connectivity index (χ2n) is 5.09. The lowest BCUT2D eigenvalue weighted by Gasteiger charge is -2.24. The molecule has 0 aromatic carbocycles. The lowest BCUT2D eigenvalue weighted by Crippen LogP contribution is -2.41.